The number of benzene rings is 1. The van der Waals surface area contributed by atoms with Gasteiger partial charge in [-0.1, -0.05) is 0 Å². The number of fused-ring (bicyclic) bond motifs is 2. The molecule has 1 unspecified atom stereocenters. The van der Waals surface area contributed by atoms with Gasteiger partial charge in [-0.2, -0.15) is 4.89 Å². The average Bonchev–Trinajstić information content (AvgIpc) is 2.62. The maximum absolute atomic E-state index is 9.69. The lowest BCUT2D eigenvalue weighted by Gasteiger charge is -2.21. The zero-order chi connectivity index (χ0) is 9.54. The lowest BCUT2D eigenvalue weighted by Crippen LogP contribution is -2.16. The molecule has 0 fully saturated rings. The molecule has 1 aromatic carbocycles. The van der Waals surface area contributed by atoms with Crippen LogP contribution < -0.4 is 4.89 Å². The molecule has 4 heteroatoms. The average molecular weight is 194 g/mol. The van der Waals surface area contributed by atoms with E-state index in [-0.39, 0.29) is 0 Å². The zero-order valence-corrected chi connectivity index (χ0v) is 7.53. The molecule has 0 bridgehead atoms. The zero-order valence-electron chi connectivity index (χ0n) is 7.53. The number of aliphatic hydroxyl groups excluding tert-OH is 1. The summed E-state index contributed by atoms with van der Waals surface area (Å²) in [7, 11) is 0. The molecule has 2 aliphatic rings. The molecule has 1 aromatic rings. The third-order valence-corrected chi connectivity index (χ3v) is 2.58. The van der Waals surface area contributed by atoms with Gasteiger partial charge in [0.25, 0.3) is 0 Å². The van der Waals surface area contributed by atoms with Gasteiger partial charge in [0.05, 0.1) is 13.2 Å². The molecule has 4 nitrogen and oxygen atoms in total. The fourth-order valence-corrected chi connectivity index (χ4v) is 1.84. The van der Waals surface area contributed by atoms with E-state index in [2.05, 4.69) is 0 Å². The monoisotopic (exact) mass is 194 g/mol. The number of aliphatic hydroxyl groups is 1. The third kappa shape index (κ3) is 1.12. The fraction of sp³-hybridized carbons (Fsp3) is 0.400. The summed E-state index contributed by atoms with van der Waals surface area (Å²) in [6.45, 7) is 1.35. The van der Waals surface area contributed by atoms with Crippen molar-refractivity contribution in [2.75, 3.05) is 6.61 Å². The van der Waals surface area contributed by atoms with Crippen molar-refractivity contribution in [3.63, 3.8) is 0 Å². The number of ether oxygens (including phenoxy) is 1. The summed E-state index contributed by atoms with van der Waals surface area (Å²) in [5, 5.41) is 9.69. The van der Waals surface area contributed by atoms with E-state index in [1.54, 1.807) is 0 Å². The molecule has 0 saturated carbocycles. The minimum absolute atomic E-state index is 0.369. The Hall–Kier alpha value is -1.10. The first kappa shape index (κ1) is 8.23. The molecule has 0 aliphatic carbocycles. The summed E-state index contributed by atoms with van der Waals surface area (Å²) >= 11 is 0. The van der Waals surface area contributed by atoms with Gasteiger partial charge in [0.15, 0.2) is 5.75 Å². The Labute approximate surface area is 80.9 Å². The molecule has 0 amide bonds. The van der Waals surface area contributed by atoms with Crippen LogP contribution in [0.5, 0.6) is 5.75 Å². The van der Waals surface area contributed by atoms with Gasteiger partial charge in [0.1, 0.15) is 12.7 Å². The minimum Gasteiger partial charge on any atom is -0.386 e. The maximum atomic E-state index is 9.69. The van der Waals surface area contributed by atoms with E-state index in [0.29, 0.717) is 19.8 Å². The molecule has 0 radical (unpaired) electrons. The Bertz CT molecular complexity index is 375. The molecular weight excluding hydrogens is 184 g/mol. The van der Waals surface area contributed by atoms with Gasteiger partial charge in [0, 0.05) is 5.56 Å². The van der Waals surface area contributed by atoms with E-state index in [1.807, 2.05) is 12.1 Å². The normalized spacial score (nSPS) is 23.9. The smallest absolute Gasteiger partial charge is 0.171 e. The van der Waals surface area contributed by atoms with E-state index in [9.17, 15) is 5.11 Å². The summed E-state index contributed by atoms with van der Waals surface area (Å²) in [5.74, 6) is 0.737. The molecule has 0 spiro atoms. The molecule has 0 aromatic heterocycles. The summed E-state index contributed by atoms with van der Waals surface area (Å²) in [6.07, 6.45) is -0.523. The second-order valence-corrected chi connectivity index (χ2v) is 3.54. The molecular formula is C10H10O4. The molecule has 1 atom stereocenters. The molecule has 2 heterocycles. The summed E-state index contributed by atoms with van der Waals surface area (Å²) < 4.78 is 5.22. The van der Waals surface area contributed by atoms with Crippen LogP contribution in [0.1, 0.15) is 22.8 Å². The van der Waals surface area contributed by atoms with Crippen molar-refractivity contribution in [1.29, 1.82) is 0 Å². The van der Waals surface area contributed by atoms with Gasteiger partial charge in [-0.25, -0.2) is 0 Å². The highest BCUT2D eigenvalue weighted by molar-refractivity contribution is 5.44. The highest BCUT2D eigenvalue weighted by atomic mass is 17.2. The van der Waals surface area contributed by atoms with Crippen molar-refractivity contribution < 1.29 is 19.6 Å². The van der Waals surface area contributed by atoms with Gasteiger partial charge >= 0.3 is 0 Å². The standard InChI is InChI=1S/C10H10O4/c11-9-5-12-3-6-2-10-7(1-8(6)9)4-13-14-10/h1-2,9,11H,3-5H2. The first-order valence-corrected chi connectivity index (χ1v) is 4.55. The molecule has 1 N–H and O–H groups in total. The van der Waals surface area contributed by atoms with Crippen LogP contribution >= 0.6 is 0 Å². The molecule has 14 heavy (non-hydrogen) atoms. The van der Waals surface area contributed by atoms with Crippen molar-refractivity contribution in [3.8, 4) is 5.75 Å². The first-order chi connectivity index (χ1) is 6.84. The topological polar surface area (TPSA) is 47.9 Å². The van der Waals surface area contributed by atoms with Crippen molar-refractivity contribution in [3.05, 3.63) is 28.8 Å². The minimum atomic E-state index is -0.523. The second-order valence-electron chi connectivity index (χ2n) is 3.54. The van der Waals surface area contributed by atoms with Crippen LogP contribution in [0.4, 0.5) is 0 Å². The van der Waals surface area contributed by atoms with Crippen molar-refractivity contribution in [2.24, 2.45) is 0 Å². The lowest BCUT2D eigenvalue weighted by molar-refractivity contribution is -0.194. The third-order valence-electron chi connectivity index (χ3n) is 2.58. The number of rotatable bonds is 0. The Morgan fingerprint density at radius 2 is 2.14 bits per heavy atom. The van der Waals surface area contributed by atoms with Gasteiger partial charge in [0.2, 0.25) is 0 Å². The maximum Gasteiger partial charge on any atom is 0.171 e. The van der Waals surface area contributed by atoms with Crippen LogP contribution in [0.15, 0.2) is 12.1 Å². The molecule has 2 aliphatic heterocycles. The van der Waals surface area contributed by atoms with Crippen LogP contribution in [-0.4, -0.2) is 11.7 Å². The summed E-state index contributed by atoms with van der Waals surface area (Å²) in [4.78, 5) is 9.81. The van der Waals surface area contributed by atoms with E-state index in [4.69, 9.17) is 14.5 Å². The quantitative estimate of drug-likeness (QED) is 0.628. The van der Waals surface area contributed by atoms with E-state index < -0.39 is 6.10 Å². The van der Waals surface area contributed by atoms with Crippen LogP contribution in [0, 0.1) is 0 Å². The largest absolute Gasteiger partial charge is 0.386 e. The van der Waals surface area contributed by atoms with E-state index in [0.717, 1.165) is 22.4 Å². The second kappa shape index (κ2) is 2.95. The highest BCUT2D eigenvalue weighted by Crippen LogP contribution is 2.34. The Balaban J connectivity index is 2.12. The first-order valence-electron chi connectivity index (χ1n) is 4.55. The van der Waals surface area contributed by atoms with Crippen molar-refractivity contribution in [1.82, 2.24) is 0 Å². The van der Waals surface area contributed by atoms with E-state index in [1.165, 1.54) is 0 Å². The van der Waals surface area contributed by atoms with Gasteiger partial charge in [-0.3, -0.25) is 0 Å². The van der Waals surface area contributed by atoms with Crippen molar-refractivity contribution >= 4 is 0 Å². The lowest BCUT2D eigenvalue weighted by atomic mass is 9.98. The fourth-order valence-electron chi connectivity index (χ4n) is 1.84. The summed E-state index contributed by atoms with van der Waals surface area (Å²) in [6, 6.07) is 3.81. The van der Waals surface area contributed by atoms with Crippen molar-refractivity contribution in [2.45, 2.75) is 19.3 Å². The predicted molar refractivity (Wildman–Crippen MR) is 46.5 cm³/mol. The van der Waals surface area contributed by atoms with Crippen LogP contribution in [0.25, 0.3) is 0 Å². The highest BCUT2D eigenvalue weighted by Gasteiger charge is 2.23. The predicted octanol–water partition coefficient (Wildman–Crippen LogP) is 1.07. The molecule has 3 rings (SSSR count). The van der Waals surface area contributed by atoms with Crippen LogP contribution in [0.3, 0.4) is 0 Å². The van der Waals surface area contributed by atoms with Gasteiger partial charge in [-0.05, 0) is 23.3 Å². The molecule has 74 valence electrons. The Kier molecular flexibility index (Phi) is 1.73. The number of hydrogen-bond acceptors (Lipinski definition) is 4. The molecule has 0 saturated heterocycles. The number of hydrogen-bond donors (Lipinski definition) is 1. The SMILES string of the molecule is OC1COCc2cc3c(cc21)COO3. The summed E-state index contributed by atoms with van der Waals surface area (Å²) in [5.41, 5.74) is 2.90. The van der Waals surface area contributed by atoms with Gasteiger partial charge < -0.3 is 14.7 Å². The van der Waals surface area contributed by atoms with Gasteiger partial charge in [-0.15, -0.1) is 0 Å². The van der Waals surface area contributed by atoms with E-state index >= 15 is 0 Å². The van der Waals surface area contributed by atoms with Crippen LogP contribution in [-0.2, 0) is 22.8 Å². The Morgan fingerprint density at radius 1 is 1.21 bits per heavy atom. The Morgan fingerprint density at radius 3 is 3.07 bits per heavy atom. The van der Waals surface area contributed by atoms with Crippen LogP contribution in [0.2, 0.25) is 0 Å².